The van der Waals surface area contributed by atoms with E-state index in [4.69, 9.17) is 27.9 Å². The third-order valence-corrected chi connectivity index (χ3v) is 5.09. The maximum Gasteiger partial charge on any atom is 0.346 e. The van der Waals surface area contributed by atoms with Crippen LogP contribution in [0.4, 0.5) is 0 Å². The van der Waals surface area contributed by atoms with E-state index in [1.807, 2.05) is 0 Å². The lowest BCUT2D eigenvalue weighted by Gasteiger charge is -2.36. The summed E-state index contributed by atoms with van der Waals surface area (Å²) in [5.41, 5.74) is -3.01. The number of ether oxygens (including phenoxy) is 1. The summed E-state index contributed by atoms with van der Waals surface area (Å²) in [6.45, 7) is 0. The van der Waals surface area contributed by atoms with Crippen molar-refractivity contribution >= 4 is 29.2 Å². The summed E-state index contributed by atoms with van der Waals surface area (Å²) < 4.78 is 5.43. The topological polar surface area (TPSA) is 66.8 Å². The molecule has 1 aromatic rings. The van der Waals surface area contributed by atoms with Gasteiger partial charge in [-0.05, 0) is 37.8 Å². The van der Waals surface area contributed by atoms with Crippen molar-refractivity contribution in [1.29, 1.82) is 0 Å². The van der Waals surface area contributed by atoms with Gasteiger partial charge < -0.3 is 14.9 Å². The normalized spacial score (nSPS) is 31.4. The van der Waals surface area contributed by atoms with Gasteiger partial charge in [0.1, 0.15) is 11.7 Å². The van der Waals surface area contributed by atoms with Gasteiger partial charge >= 0.3 is 5.97 Å². The van der Waals surface area contributed by atoms with Gasteiger partial charge in [-0.25, -0.2) is 4.79 Å². The number of aliphatic hydroxyl groups is 2. The highest BCUT2D eigenvalue weighted by atomic mass is 35.5. The lowest BCUT2D eigenvalue weighted by Crippen LogP contribution is -2.50. The quantitative estimate of drug-likeness (QED) is 0.777. The maximum absolute atomic E-state index is 12.3. The molecule has 2 aliphatic rings. The van der Waals surface area contributed by atoms with Crippen LogP contribution in [0.25, 0.3) is 0 Å². The van der Waals surface area contributed by atoms with E-state index in [0.717, 1.165) is 19.3 Å². The van der Waals surface area contributed by atoms with Crippen LogP contribution in [0.5, 0.6) is 0 Å². The van der Waals surface area contributed by atoms with Crippen LogP contribution >= 0.6 is 23.2 Å². The van der Waals surface area contributed by atoms with Gasteiger partial charge in [0.2, 0.25) is 5.60 Å². The van der Waals surface area contributed by atoms with Crippen molar-refractivity contribution in [2.24, 2.45) is 0 Å². The molecule has 1 spiro atoms. The molecule has 1 heterocycles. The van der Waals surface area contributed by atoms with Crippen molar-refractivity contribution in [3.8, 4) is 0 Å². The van der Waals surface area contributed by atoms with Crippen molar-refractivity contribution in [1.82, 2.24) is 0 Å². The number of hydrogen-bond donors (Lipinski definition) is 2. The number of hydrogen-bond acceptors (Lipinski definition) is 4. The van der Waals surface area contributed by atoms with Crippen LogP contribution in [-0.2, 0) is 15.1 Å². The second kappa shape index (κ2) is 5.13. The molecule has 1 saturated carbocycles. The highest BCUT2D eigenvalue weighted by Crippen LogP contribution is 2.49. The minimum absolute atomic E-state index is 0.133. The van der Waals surface area contributed by atoms with E-state index in [2.05, 4.69) is 0 Å². The Morgan fingerprint density at radius 2 is 1.86 bits per heavy atom. The van der Waals surface area contributed by atoms with Crippen molar-refractivity contribution in [2.75, 3.05) is 0 Å². The van der Waals surface area contributed by atoms with Gasteiger partial charge in [0.05, 0.1) is 0 Å². The first-order chi connectivity index (χ1) is 9.90. The summed E-state index contributed by atoms with van der Waals surface area (Å²) in [5.74, 6) is -0.846. The smallest absolute Gasteiger partial charge is 0.346 e. The van der Waals surface area contributed by atoms with Crippen LogP contribution < -0.4 is 0 Å². The van der Waals surface area contributed by atoms with E-state index in [-0.39, 0.29) is 10.6 Å². The third kappa shape index (κ3) is 2.16. The average molecular weight is 331 g/mol. The fraction of sp³-hybridized carbons (Fsp3) is 0.533. The molecule has 114 valence electrons. The van der Waals surface area contributed by atoms with Gasteiger partial charge in [-0.2, -0.15) is 0 Å². The highest BCUT2D eigenvalue weighted by molar-refractivity contribution is 6.35. The molecule has 0 aromatic heterocycles. The van der Waals surface area contributed by atoms with E-state index < -0.39 is 23.3 Å². The molecule has 0 amide bonds. The molecule has 21 heavy (non-hydrogen) atoms. The Bertz CT molecular complexity index is 583. The van der Waals surface area contributed by atoms with E-state index in [1.54, 1.807) is 0 Å². The SMILES string of the molecule is O=C1OC2(CCCCC2)C(O)C1(O)c1ccc(Cl)cc1Cl. The Hall–Kier alpha value is -0.810. The predicted octanol–water partition coefficient (Wildman–Crippen LogP) is 2.80. The highest BCUT2D eigenvalue weighted by Gasteiger charge is 2.65. The first-order valence-electron chi connectivity index (χ1n) is 6.99. The second-order valence-corrected chi connectivity index (χ2v) is 6.65. The zero-order valence-corrected chi connectivity index (χ0v) is 12.8. The van der Waals surface area contributed by atoms with Gasteiger partial charge in [0, 0.05) is 15.6 Å². The molecule has 2 unspecified atom stereocenters. The first kappa shape index (κ1) is 15.1. The number of carbonyl (C=O) groups excluding carboxylic acids is 1. The van der Waals surface area contributed by atoms with Gasteiger partial charge in [-0.1, -0.05) is 35.7 Å². The fourth-order valence-corrected chi connectivity index (χ4v) is 3.94. The number of rotatable bonds is 1. The Morgan fingerprint density at radius 3 is 2.48 bits per heavy atom. The Morgan fingerprint density at radius 1 is 1.19 bits per heavy atom. The van der Waals surface area contributed by atoms with Crippen molar-refractivity contribution < 1.29 is 19.7 Å². The third-order valence-electron chi connectivity index (χ3n) is 4.54. The van der Waals surface area contributed by atoms with Gasteiger partial charge in [0.15, 0.2) is 0 Å². The van der Waals surface area contributed by atoms with Crippen LogP contribution in [0.3, 0.4) is 0 Å². The number of carbonyl (C=O) groups is 1. The molecule has 0 bridgehead atoms. The minimum atomic E-state index is -2.14. The van der Waals surface area contributed by atoms with Crippen LogP contribution in [0, 0.1) is 0 Å². The molecule has 6 heteroatoms. The summed E-state index contributed by atoms with van der Waals surface area (Å²) >= 11 is 11.9. The molecule has 3 rings (SSSR count). The number of benzene rings is 1. The van der Waals surface area contributed by atoms with Crippen molar-refractivity contribution in [3.63, 3.8) is 0 Å². The Labute approximate surface area is 132 Å². The average Bonchev–Trinajstić information content (AvgIpc) is 2.62. The predicted molar refractivity (Wildman–Crippen MR) is 78.3 cm³/mol. The molecule has 2 fully saturated rings. The standard InChI is InChI=1S/C15H16Cl2O4/c16-9-4-5-10(11(17)8-9)15(20)12(18)14(21-13(15)19)6-2-1-3-7-14/h4-5,8,12,18,20H,1-3,6-7H2. The minimum Gasteiger partial charge on any atom is -0.454 e. The number of esters is 1. The van der Waals surface area contributed by atoms with Gasteiger partial charge in [-0.15, -0.1) is 0 Å². The summed E-state index contributed by atoms with van der Waals surface area (Å²) in [6.07, 6.45) is 2.51. The molecule has 4 nitrogen and oxygen atoms in total. The maximum atomic E-state index is 12.3. The lowest BCUT2D eigenvalue weighted by atomic mass is 9.75. The second-order valence-electron chi connectivity index (χ2n) is 5.81. The molecule has 2 atom stereocenters. The molecule has 1 saturated heterocycles. The molecular weight excluding hydrogens is 315 g/mol. The number of aliphatic hydroxyl groups excluding tert-OH is 1. The summed E-state index contributed by atoms with van der Waals surface area (Å²) in [6, 6.07) is 4.41. The van der Waals surface area contributed by atoms with Crippen LogP contribution in [0.1, 0.15) is 37.7 Å². The first-order valence-corrected chi connectivity index (χ1v) is 7.75. The molecular formula is C15H16Cl2O4. The molecule has 1 aromatic carbocycles. The molecule has 0 radical (unpaired) electrons. The van der Waals surface area contributed by atoms with Gasteiger partial charge in [0.25, 0.3) is 0 Å². The largest absolute Gasteiger partial charge is 0.454 e. The number of halogens is 2. The summed E-state index contributed by atoms with van der Waals surface area (Å²) in [7, 11) is 0. The van der Waals surface area contributed by atoms with E-state index in [9.17, 15) is 15.0 Å². The summed E-state index contributed by atoms with van der Waals surface area (Å²) in [4.78, 5) is 12.3. The van der Waals surface area contributed by atoms with Crippen LogP contribution in [0.15, 0.2) is 18.2 Å². The van der Waals surface area contributed by atoms with Crippen molar-refractivity contribution in [2.45, 2.75) is 49.4 Å². The fourth-order valence-electron chi connectivity index (χ4n) is 3.39. The Balaban J connectivity index is 2.05. The molecule has 1 aliphatic heterocycles. The Kier molecular flexibility index (Phi) is 3.69. The van der Waals surface area contributed by atoms with E-state index in [1.165, 1.54) is 18.2 Å². The zero-order valence-electron chi connectivity index (χ0n) is 11.3. The van der Waals surface area contributed by atoms with Crippen molar-refractivity contribution in [3.05, 3.63) is 33.8 Å². The lowest BCUT2D eigenvalue weighted by molar-refractivity contribution is -0.161. The molecule has 2 N–H and O–H groups in total. The summed E-state index contributed by atoms with van der Waals surface area (Å²) in [5, 5.41) is 22.0. The molecule has 1 aliphatic carbocycles. The zero-order chi connectivity index (χ0) is 15.3. The van der Waals surface area contributed by atoms with E-state index >= 15 is 0 Å². The van der Waals surface area contributed by atoms with Crippen LogP contribution in [0.2, 0.25) is 10.0 Å². The van der Waals surface area contributed by atoms with E-state index in [0.29, 0.717) is 17.9 Å². The monoisotopic (exact) mass is 330 g/mol. The van der Waals surface area contributed by atoms with Crippen LogP contribution in [-0.4, -0.2) is 27.9 Å². The van der Waals surface area contributed by atoms with Gasteiger partial charge in [-0.3, -0.25) is 0 Å².